The van der Waals surface area contributed by atoms with Gasteiger partial charge in [0.1, 0.15) is 0 Å². The van der Waals surface area contributed by atoms with E-state index in [1.54, 1.807) is 13.0 Å². The van der Waals surface area contributed by atoms with Crippen LogP contribution in [-0.2, 0) is 10.9 Å². The zero-order chi connectivity index (χ0) is 26.6. The number of hydrogen-bond acceptors (Lipinski definition) is 6. The number of benzene rings is 2. The highest BCUT2D eigenvalue weighted by Gasteiger charge is 2.30. The van der Waals surface area contributed by atoms with Gasteiger partial charge in [0.2, 0.25) is 0 Å². The molecule has 2 aromatic carbocycles. The standard InChI is InChI=1S/C27H28F3N5O2/c1-2-37-26(36)25-24(35(32)16-22(31)19-7-9-21(10-8-19)27(28,29)30)15-23(34-25)20-5-3-17(4-6-20)18-11-13-33-14-12-18/h3-11,15-16,33-34H,2,12-14,31-32H2,1H3/b22-16-. The lowest BCUT2D eigenvalue weighted by Gasteiger charge is -2.15. The predicted octanol–water partition coefficient (Wildman–Crippen LogP) is 4.89. The van der Waals surface area contributed by atoms with Crippen molar-refractivity contribution >= 4 is 22.9 Å². The molecule has 6 N–H and O–H groups in total. The van der Waals surface area contributed by atoms with Crippen LogP contribution in [0.25, 0.3) is 22.5 Å². The minimum absolute atomic E-state index is 0.119. The number of rotatable bonds is 7. The highest BCUT2D eigenvalue weighted by molar-refractivity contribution is 5.96. The fourth-order valence-electron chi connectivity index (χ4n) is 4.06. The number of aromatic nitrogens is 1. The molecule has 7 nitrogen and oxygen atoms in total. The number of nitrogens with two attached hydrogens (primary N) is 2. The molecular formula is C27H28F3N5O2. The maximum atomic E-state index is 12.9. The molecular weight excluding hydrogens is 483 g/mol. The molecule has 10 heteroatoms. The first kappa shape index (κ1) is 26.1. The van der Waals surface area contributed by atoms with Crippen LogP contribution in [0.15, 0.2) is 66.9 Å². The Morgan fingerprint density at radius 3 is 2.38 bits per heavy atom. The van der Waals surface area contributed by atoms with Gasteiger partial charge >= 0.3 is 12.1 Å². The lowest BCUT2D eigenvalue weighted by molar-refractivity contribution is -0.137. The van der Waals surface area contributed by atoms with Crippen molar-refractivity contribution in [3.63, 3.8) is 0 Å². The van der Waals surface area contributed by atoms with E-state index in [0.29, 0.717) is 16.9 Å². The number of H-pyrrole nitrogens is 1. The van der Waals surface area contributed by atoms with E-state index in [-0.39, 0.29) is 18.0 Å². The summed E-state index contributed by atoms with van der Waals surface area (Å²) in [6.45, 7) is 3.64. The SMILES string of the molecule is CCOC(=O)c1[nH]c(-c2ccc(C3=CCNCC3)cc2)cc1N(N)/C=C(\N)c1ccc(C(F)(F)F)cc1. The summed E-state index contributed by atoms with van der Waals surface area (Å²) in [6.07, 6.45) is 0.0122. The number of halogens is 3. The van der Waals surface area contributed by atoms with Crippen molar-refractivity contribution in [1.82, 2.24) is 10.3 Å². The van der Waals surface area contributed by atoms with Crippen molar-refractivity contribution in [2.75, 3.05) is 24.7 Å². The summed E-state index contributed by atoms with van der Waals surface area (Å²) in [5.74, 6) is 5.64. The van der Waals surface area contributed by atoms with Gasteiger partial charge in [0, 0.05) is 18.4 Å². The maximum Gasteiger partial charge on any atom is 0.416 e. The van der Waals surface area contributed by atoms with Gasteiger partial charge in [-0.1, -0.05) is 42.5 Å². The molecule has 0 bridgehead atoms. The van der Waals surface area contributed by atoms with Crippen molar-refractivity contribution in [3.8, 4) is 11.3 Å². The number of aromatic amines is 1. The Bertz CT molecular complexity index is 1310. The van der Waals surface area contributed by atoms with Crippen LogP contribution in [0.1, 0.15) is 40.5 Å². The number of alkyl halides is 3. The molecule has 2 heterocycles. The Kier molecular flexibility index (Phi) is 7.70. The van der Waals surface area contributed by atoms with Gasteiger partial charge in [0.15, 0.2) is 5.69 Å². The molecule has 1 aliphatic heterocycles. The van der Waals surface area contributed by atoms with Crippen LogP contribution in [0.5, 0.6) is 0 Å². The maximum absolute atomic E-state index is 12.9. The molecule has 0 saturated carbocycles. The summed E-state index contributed by atoms with van der Waals surface area (Å²) >= 11 is 0. The van der Waals surface area contributed by atoms with Gasteiger partial charge in [-0.3, -0.25) is 5.01 Å². The van der Waals surface area contributed by atoms with E-state index in [4.69, 9.17) is 16.3 Å². The predicted molar refractivity (Wildman–Crippen MR) is 138 cm³/mol. The van der Waals surface area contributed by atoms with Crippen molar-refractivity contribution in [2.45, 2.75) is 19.5 Å². The minimum atomic E-state index is -4.45. The molecule has 0 radical (unpaired) electrons. The quantitative estimate of drug-likeness (QED) is 0.204. The first-order valence-electron chi connectivity index (χ1n) is 11.8. The van der Waals surface area contributed by atoms with Crippen LogP contribution in [0.3, 0.4) is 0 Å². The molecule has 37 heavy (non-hydrogen) atoms. The number of ether oxygens (including phenoxy) is 1. The zero-order valence-electron chi connectivity index (χ0n) is 20.2. The fourth-order valence-corrected chi connectivity index (χ4v) is 4.06. The Hall–Kier alpha value is -4.02. The number of esters is 1. The normalized spacial score (nSPS) is 14.3. The molecule has 0 fully saturated rings. The van der Waals surface area contributed by atoms with Crippen LogP contribution in [0.4, 0.5) is 18.9 Å². The summed E-state index contributed by atoms with van der Waals surface area (Å²) in [6, 6.07) is 14.1. The summed E-state index contributed by atoms with van der Waals surface area (Å²) in [7, 11) is 0. The highest BCUT2D eigenvalue weighted by atomic mass is 19.4. The van der Waals surface area contributed by atoms with E-state index in [1.165, 1.54) is 23.9 Å². The topological polar surface area (TPSA) is 109 Å². The summed E-state index contributed by atoms with van der Waals surface area (Å²) in [5.41, 5.74) is 10.1. The second kappa shape index (κ2) is 10.9. The first-order chi connectivity index (χ1) is 17.7. The molecule has 0 spiro atoms. The second-order valence-electron chi connectivity index (χ2n) is 8.49. The van der Waals surface area contributed by atoms with Gasteiger partial charge in [-0.25, -0.2) is 10.6 Å². The van der Waals surface area contributed by atoms with E-state index in [0.717, 1.165) is 47.8 Å². The van der Waals surface area contributed by atoms with E-state index in [1.807, 2.05) is 24.3 Å². The van der Waals surface area contributed by atoms with E-state index < -0.39 is 17.7 Å². The van der Waals surface area contributed by atoms with Gasteiger partial charge in [-0.15, -0.1) is 0 Å². The number of nitrogens with one attached hydrogen (secondary N) is 2. The molecule has 4 rings (SSSR count). The summed E-state index contributed by atoms with van der Waals surface area (Å²) < 4.78 is 43.8. The molecule has 0 amide bonds. The Morgan fingerprint density at radius 1 is 1.11 bits per heavy atom. The number of carbonyl (C=O) groups excluding carboxylic acids is 1. The number of hydrazine groups is 1. The Balaban J connectivity index is 1.63. The lowest BCUT2D eigenvalue weighted by Crippen LogP contribution is -2.27. The van der Waals surface area contributed by atoms with Gasteiger partial charge in [0.05, 0.1) is 23.6 Å². The monoisotopic (exact) mass is 511 g/mol. The highest BCUT2D eigenvalue weighted by Crippen LogP contribution is 2.32. The number of carbonyl (C=O) groups is 1. The number of nitrogens with zero attached hydrogens (tertiary/aromatic N) is 1. The van der Waals surface area contributed by atoms with Crippen LogP contribution < -0.4 is 21.9 Å². The van der Waals surface area contributed by atoms with Crippen LogP contribution in [-0.4, -0.2) is 30.6 Å². The minimum Gasteiger partial charge on any atom is -0.461 e. The molecule has 3 aromatic rings. The largest absolute Gasteiger partial charge is 0.461 e. The average Bonchev–Trinajstić information content (AvgIpc) is 3.35. The lowest BCUT2D eigenvalue weighted by atomic mass is 9.98. The zero-order valence-corrected chi connectivity index (χ0v) is 20.2. The van der Waals surface area contributed by atoms with Gasteiger partial charge in [-0.2, -0.15) is 13.2 Å². The fraction of sp³-hybridized carbons (Fsp3) is 0.222. The Morgan fingerprint density at radius 2 is 1.78 bits per heavy atom. The third kappa shape index (κ3) is 6.04. The van der Waals surface area contributed by atoms with Crippen LogP contribution in [0.2, 0.25) is 0 Å². The third-order valence-electron chi connectivity index (χ3n) is 6.01. The van der Waals surface area contributed by atoms with Gasteiger partial charge in [0.25, 0.3) is 0 Å². The average molecular weight is 512 g/mol. The van der Waals surface area contributed by atoms with Crippen LogP contribution >= 0.6 is 0 Å². The molecule has 0 aliphatic carbocycles. The number of hydrogen-bond donors (Lipinski definition) is 4. The molecule has 0 saturated heterocycles. The van der Waals surface area contributed by atoms with E-state index in [2.05, 4.69) is 16.4 Å². The van der Waals surface area contributed by atoms with Gasteiger partial charge < -0.3 is 20.8 Å². The van der Waals surface area contributed by atoms with Crippen molar-refractivity contribution < 1.29 is 22.7 Å². The molecule has 1 aromatic heterocycles. The molecule has 0 unspecified atom stereocenters. The van der Waals surface area contributed by atoms with Crippen molar-refractivity contribution in [1.29, 1.82) is 0 Å². The van der Waals surface area contributed by atoms with Gasteiger partial charge in [-0.05, 0) is 60.4 Å². The smallest absolute Gasteiger partial charge is 0.416 e. The summed E-state index contributed by atoms with van der Waals surface area (Å²) in [5, 5.41) is 4.44. The first-order valence-corrected chi connectivity index (χ1v) is 11.8. The van der Waals surface area contributed by atoms with E-state index >= 15 is 0 Å². The molecule has 1 aliphatic rings. The second-order valence-corrected chi connectivity index (χ2v) is 8.49. The van der Waals surface area contributed by atoms with E-state index in [9.17, 15) is 18.0 Å². The van der Waals surface area contributed by atoms with Crippen LogP contribution in [0, 0.1) is 0 Å². The third-order valence-corrected chi connectivity index (χ3v) is 6.01. The number of anilines is 1. The summed E-state index contributed by atoms with van der Waals surface area (Å²) in [4.78, 5) is 15.7. The van der Waals surface area contributed by atoms with Crippen molar-refractivity contribution in [2.24, 2.45) is 11.6 Å². The Labute approximate surface area is 212 Å². The molecule has 194 valence electrons. The van der Waals surface area contributed by atoms with Crippen molar-refractivity contribution in [3.05, 3.63) is 89.3 Å². The molecule has 0 atom stereocenters.